The number of ether oxygens (including phenoxy) is 1. The number of aliphatic carboxylic acids is 2. The van der Waals surface area contributed by atoms with Crippen LogP contribution in [0.3, 0.4) is 0 Å². The van der Waals surface area contributed by atoms with E-state index in [0.29, 0.717) is 19.6 Å². The Labute approximate surface area is 187 Å². The second kappa shape index (κ2) is 23.0. The fourth-order valence-electron chi connectivity index (χ4n) is 2.77. The van der Waals surface area contributed by atoms with Gasteiger partial charge in [-0.3, -0.25) is 14.4 Å². The lowest BCUT2D eigenvalue weighted by Crippen LogP contribution is -2.34. The Hall–Kier alpha value is -1.71. The minimum atomic E-state index is -1.08. The van der Waals surface area contributed by atoms with Crippen molar-refractivity contribution in [2.24, 2.45) is 17.2 Å². The summed E-state index contributed by atoms with van der Waals surface area (Å²) >= 11 is 0. The van der Waals surface area contributed by atoms with Crippen molar-refractivity contribution in [3.05, 3.63) is 0 Å². The summed E-state index contributed by atoms with van der Waals surface area (Å²) in [5.41, 5.74) is 15.8. The van der Waals surface area contributed by atoms with Gasteiger partial charge in [-0.15, -0.1) is 0 Å². The van der Waals surface area contributed by atoms with Crippen molar-refractivity contribution >= 4 is 17.9 Å². The van der Waals surface area contributed by atoms with E-state index in [2.05, 4.69) is 6.92 Å². The number of carbonyl (C=O) groups excluding carboxylic acids is 1. The first-order valence-electron chi connectivity index (χ1n) is 11.6. The molecular formula is C22H45N3O6. The van der Waals surface area contributed by atoms with Gasteiger partial charge < -0.3 is 32.2 Å². The second-order valence-corrected chi connectivity index (χ2v) is 7.78. The lowest BCUT2D eigenvalue weighted by atomic mass is 10.1. The predicted octanol–water partition coefficient (Wildman–Crippen LogP) is 2.78. The van der Waals surface area contributed by atoms with Crippen LogP contribution in [0.5, 0.6) is 0 Å². The smallest absolute Gasteiger partial charge is 0.323 e. The first kappa shape index (κ1) is 31.5. The van der Waals surface area contributed by atoms with E-state index in [1.54, 1.807) is 0 Å². The third kappa shape index (κ3) is 24.4. The van der Waals surface area contributed by atoms with Gasteiger partial charge >= 0.3 is 17.9 Å². The van der Waals surface area contributed by atoms with Gasteiger partial charge in [0.15, 0.2) is 0 Å². The molecule has 0 aliphatic carbocycles. The molecular weight excluding hydrogens is 402 g/mol. The third-order valence-electron chi connectivity index (χ3n) is 4.73. The summed E-state index contributed by atoms with van der Waals surface area (Å²) < 4.78 is 4.95. The number of carbonyl (C=O) groups is 3. The van der Waals surface area contributed by atoms with Crippen molar-refractivity contribution in [2.75, 3.05) is 13.2 Å². The number of nitrogens with two attached hydrogens (primary N) is 3. The molecule has 8 N–H and O–H groups in total. The topological polar surface area (TPSA) is 179 Å². The van der Waals surface area contributed by atoms with E-state index in [0.717, 1.165) is 32.1 Å². The van der Waals surface area contributed by atoms with E-state index >= 15 is 0 Å². The molecule has 2 atom stereocenters. The van der Waals surface area contributed by atoms with Crippen molar-refractivity contribution in [1.82, 2.24) is 0 Å². The molecule has 9 nitrogen and oxygen atoms in total. The summed E-state index contributed by atoms with van der Waals surface area (Å²) in [6.45, 7) is 3.16. The Morgan fingerprint density at radius 2 is 1.29 bits per heavy atom. The zero-order chi connectivity index (χ0) is 23.9. The van der Waals surface area contributed by atoms with Gasteiger partial charge in [0.1, 0.15) is 12.1 Å². The number of rotatable bonds is 19. The van der Waals surface area contributed by atoms with Gasteiger partial charge in [0.25, 0.3) is 0 Å². The molecule has 0 aliphatic rings. The molecule has 0 aromatic carbocycles. The Kier molecular flexibility index (Phi) is 23.3. The number of hydrogen-bond donors (Lipinski definition) is 5. The van der Waals surface area contributed by atoms with Crippen molar-refractivity contribution < 1.29 is 29.3 Å². The van der Waals surface area contributed by atoms with E-state index in [4.69, 9.17) is 32.2 Å². The van der Waals surface area contributed by atoms with Crippen molar-refractivity contribution in [1.29, 1.82) is 0 Å². The van der Waals surface area contributed by atoms with Crippen LogP contribution in [0.4, 0.5) is 0 Å². The highest BCUT2D eigenvalue weighted by atomic mass is 16.5. The zero-order valence-corrected chi connectivity index (χ0v) is 19.2. The highest BCUT2D eigenvalue weighted by molar-refractivity contribution is 5.81. The fraction of sp³-hybridized carbons (Fsp3) is 0.864. The van der Waals surface area contributed by atoms with Crippen LogP contribution >= 0.6 is 0 Å². The summed E-state index contributed by atoms with van der Waals surface area (Å²) in [4.78, 5) is 31.9. The average Bonchev–Trinajstić information content (AvgIpc) is 2.71. The largest absolute Gasteiger partial charge is 0.481 e. The Bertz CT molecular complexity index is 463. The van der Waals surface area contributed by atoms with Crippen molar-refractivity contribution in [2.45, 2.75) is 109 Å². The number of carboxylic acid groups (broad SMARTS) is 2. The average molecular weight is 448 g/mol. The number of carboxylic acids is 2. The van der Waals surface area contributed by atoms with Crippen LogP contribution in [-0.2, 0) is 19.1 Å². The summed E-state index contributed by atoms with van der Waals surface area (Å²) in [5.74, 6) is -2.64. The Balaban J connectivity index is 0. The van der Waals surface area contributed by atoms with Gasteiger partial charge in [0.05, 0.1) is 13.0 Å². The van der Waals surface area contributed by atoms with Crippen molar-refractivity contribution in [3.8, 4) is 0 Å². The van der Waals surface area contributed by atoms with Crippen LogP contribution in [-0.4, -0.2) is 53.4 Å². The lowest BCUT2D eigenvalue weighted by Gasteiger charge is -2.09. The maximum absolute atomic E-state index is 11.3. The predicted molar refractivity (Wildman–Crippen MR) is 122 cm³/mol. The van der Waals surface area contributed by atoms with Gasteiger partial charge in [-0.1, -0.05) is 71.1 Å². The van der Waals surface area contributed by atoms with Crippen molar-refractivity contribution in [3.63, 3.8) is 0 Å². The molecule has 0 saturated carbocycles. The van der Waals surface area contributed by atoms with Crippen LogP contribution in [0.1, 0.15) is 96.8 Å². The SMILES string of the molecule is CCCCCCCCCCCCOC(=O)C(N)CC(=O)O.NCCCCC(N)C(=O)O. The highest BCUT2D eigenvalue weighted by Gasteiger charge is 2.18. The normalized spacial score (nSPS) is 12.4. The summed E-state index contributed by atoms with van der Waals surface area (Å²) in [5, 5.41) is 16.8. The standard InChI is InChI=1S/C16H31NO4.C6H14N2O2/c1-2-3-4-5-6-7-8-9-10-11-12-21-16(20)14(17)13-15(18)19;7-4-2-1-3-5(8)6(9)10/h14H,2-13,17H2,1H3,(H,18,19);5H,1-4,7-8H2,(H,9,10). The molecule has 31 heavy (non-hydrogen) atoms. The molecule has 0 aliphatic heterocycles. The maximum atomic E-state index is 11.3. The van der Waals surface area contributed by atoms with Crippen LogP contribution in [0, 0.1) is 0 Å². The molecule has 9 heteroatoms. The van der Waals surface area contributed by atoms with Gasteiger partial charge in [0.2, 0.25) is 0 Å². The first-order chi connectivity index (χ1) is 14.8. The molecule has 0 radical (unpaired) electrons. The van der Waals surface area contributed by atoms with Gasteiger partial charge in [0, 0.05) is 0 Å². The molecule has 0 fully saturated rings. The maximum Gasteiger partial charge on any atom is 0.323 e. The molecule has 0 rings (SSSR count). The van der Waals surface area contributed by atoms with Crippen LogP contribution in [0.15, 0.2) is 0 Å². The number of hydrogen-bond acceptors (Lipinski definition) is 7. The summed E-state index contributed by atoms with van der Waals surface area (Å²) in [6.07, 6.45) is 14.0. The third-order valence-corrected chi connectivity index (χ3v) is 4.73. The van der Waals surface area contributed by atoms with E-state index in [1.807, 2.05) is 0 Å². The zero-order valence-electron chi connectivity index (χ0n) is 19.2. The second-order valence-electron chi connectivity index (χ2n) is 7.78. The quantitative estimate of drug-likeness (QED) is 0.147. The van der Waals surface area contributed by atoms with Crippen LogP contribution in [0.25, 0.3) is 0 Å². The van der Waals surface area contributed by atoms with Gasteiger partial charge in [-0.2, -0.15) is 0 Å². The molecule has 2 unspecified atom stereocenters. The summed E-state index contributed by atoms with van der Waals surface area (Å²) in [6, 6.07) is -1.77. The molecule has 0 saturated heterocycles. The van der Waals surface area contributed by atoms with Crippen LogP contribution < -0.4 is 17.2 Å². The first-order valence-corrected chi connectivity index (χ1v) is 11.6. The lowest BCUT2D eigenvalue weighted by molar-refractivity contribution is -0.149. The molecule has 0 aromatic heterocycles. The monoisotopic (exact) mass is 447 g/mol. The Morgan fingerprint density at radius 1 is 0.774 bits per heavy atom. The minimum Gasteiger partial charge on any atom is -0.481 e. The summed E-state index contributed by atoms with van der Waals surface area (Å²) in [7, 11) is 0. The van der Waals surface area contributed by atoms with E-state index in [-0.39, 0.29) is 6.42 Å². The van der Waals surface area contributed by atoms with Gasteiger partial charge in [-0.25, -0.2) is 0 Å². The molecule has 0 spiro atoms. The fourth-order valence-corrected chi connectivity index (χ4v) is 2.77. The van der Waals surface area contributed by atoms with E-state index in [1.165, 1.54) is 44.9 Å². The van der Waals surface area contributed by atoms with E-state index in [9.17, 15) is 14.4 Å². The molecule has 0 heterocycles. The van der Waals surface area contributed by atoms with E-state index < -0.39 is 30.0 Å². The highest BCUT2D eigenvalue weighted by Crippen LogP contribution is 2.10. The molecule has 184 valence electrons. The number of esters is 1. The van der Waals surface area contributed by atoms with Gasteiger partial charge in [-0.05, 0) is 25.8 Å². The molecule has 0 bridgehead atoms. The minimum absolute atomic E-state index is 0.336. The van der Waals surface area contributed by atoms with Crippen LogP contribution in [0.2, 0.25) is 0 Å². The number of unbranched alkanes of at least 4 members (excludes halogenated alkanes) is 10. The molecule has 0 amide bonds. The molecule has 0 aromatic rings. The Morgan fingerprint density at radius 3 is 1.74 bits per heavy atom.